The van der Waals surface area contributed by atoms with Crippen LogP contribution in [0.1, 0.15) is 34.1 Å². The van der Waals surface area contributed by atoms with Crippen LogP contribution in [0.15, 0.2) is 49.6 Å². The van der Waals surface area contributed by atoms with Crippen molar-refractivity contribution in [3.8, 4) is 0 Å². The summed E-state index contributed by atoms with van der Waals surface area (Å²) in [7, 11) is 0. The number of nitrogens with one attached hydrogen (secondary N) is 4. The van der Waals surface area contributed by atoms with Crippen molar-refractivity contribution in [3.63, 3.8) is 0 Å². The lowest BCUT2D eigenvalue weighted by Crippen LogP contribution is -2.40. The summed E-state index contributed by atoms with van der Waals surface area (Å²) in [6.45, 7) is 25.3. The maximum absolute atomic E-state index is 5.49. The molecule has 0 bridgehead atoms. The van der Waals surface area contributed by atoms with Crippen molar-refractivity contribution in [2.24, 2.45) is 22.3 Å². The van der Waals surface area contributed by atoms with Crippen molar-refractivity contribution < 1.29 is 0 Å². The molecule has 6 nitrogen and oxygen atoms in total. The second-order valence-corrected chi connectivity index (χ2v) is 7.47. The van der Waals surface area contributed by atoms with Crippen LogP contribution >= 0.6 is 0 Å². The third-order valence-corrected chi connectivity index (χ3v) is 3.14. The standard InChI is InChI=1S/C17H34N6/c1-12(18)22-14(3)20-10-16(5,6)9-17(7,8)11-21-15(4)23-13(2)19/h20-23H,1-4,9-11,18-19H2,5-8H3. The smallest absolute Gasteiger partial charge is 0.0968 e. The molecule has 0 atom stereocenters. The highest BCUT2D eigenvalue weighted by molar-refractivity contribution is 5.01. The van der Waals surface area contributed by atoms with Gasteiger partial charge in [-0.05, 0) is 17.3 Å². The quantitative estimate of drug-likeness (QED) is 0.326. The van der Waals surface area contributed by atoms with E-state index in [0.29, 0.717) is 23.3 Å². The van der Waals surface area contributed by atoms with E-state index < -0.39 is 0 Å². The summed E-state index contributed by atoms with van der Waals surface area (Å²) >= 11 is 0. The van der Waals surface area contributed by atoms with Gasteiger partial charge in [-0.3, -0.25) is 0 Å². The topological polar surface area (TPSA) is 100 Å². The molecule has 0 spiro atoms. The zero-order chi connectivity index (χ0) is 18.3. The van der Waals surface area contributed by atoms with E-state index in [9.17, 15) is 0 Å². The van der Waals surface area contributed by atoms with Crippen LogP contribution in [0.25, 0.3) is 0 Å². The fourth-order valence-corrected chi connectivity index (χ4v) is 2.59. The van der Waals surface area contributed by atoms with E-state index in [0.717, 1.165) is 19.5 Å². The predicted molar refractivity (Wildman–Crippen MR) is 99.4 cm³/mol. The van der Waals surface area contributed by atoms with E-state index in [1.54, 1.807) is 0 Å². The summed E-state index contributed by atoms with van der Waals surface area (Å²) in [5.74, 6) is 2.05. The first-order valence-corrected chi connectivity index (χ1v) is 7.61. The monoisotopic (exact) mass is 322 g/mol. The lowest BCUT2D eigenvalue weighted by atomic mass is 9.75. The number of hydrogen-bond acceptors (Lipinski definition) is 6. The van der Waals surface area contributed by atoms with E-state index in [1.807, 2.05) is 0 Å². The molecule has 0 fully saturated rings. The molecule has 8 N–H and O–H groups in total. The van der Waals surface area contributed by atoms with Crippen LogP contribution in [0.3, 0.4) is 0 Å². The third kappa shape index (κ3) is 11.0. The lowest BCUT2D eigenvalue weighted by Gasteiger charge is -2.36. The number of rotatable bonds is 12. The van der Waals surface area contributed by atoms with Crippen molar-refractivity contribution in [3.05, 3.63) is 49.6 Å². The summed E-state index contributed by atoms with van der Waals surface area (Å²) < 4.78 is 0. The summed E-state index contributed by atoms with van der Waals surface area (Å²) in [4.78, 5) is 0. The predicted octanol–water partition coefficient (Wildman–Crippen LogP) is 1.59. The maximum Gasteiger partial charge on any atom is 0.0968 e. The summed E-state index contributed by atoms with van der Waals surface area (Å²) in [6, 6.07) is 0. The molecule has 0 heterocycles. The molecule has 0 aliphatic heterocycles. The first-order chi connectivity index (χ1) is 10.3. The SMILES string of the molecule is C=C(N)NC(=C)NCC(C)(C)CC(C)(C)CNC(=C)NC(=C)N. The molecule has 0 rings (SSSR count). The van der Waals surface area contributed by atoms with Gasteiger partial charge in [-0.2, -0.15) is 0 Å². The van der Waals surface area contributed by atoms with Crippen LogP contribution < -0.4 is 32.7 Å². The van der Waals surface area contributed by atoms with Crippen LogP contribution in [-0.2, 0) is 0 Å². The minimum absolute atomic E-state index is 0.0674. The normalized spacial score (nSPS) is 11.3. The van der Waals surface area contributed by atoms with Crippen molar-refractivity contribution in [1.29, 1.82) is 0 Å². The van der Waals surface area contributed by atoms with Gasteiger partial charge in [0, 0.05) is 13.1 Å². The first kappa shape index (κ1) is 20.8. The summed E-state index contributed by atoms with van der Waals surface area (Å²) in [6.07, 6.45) is 0.994. The molecule has 0 aliphatic carbocycles. The molecule has 132 valence electrons. The van der Waals surface area contributed by atoms with Gasteiger partial charge in [-0.15, -0.1) is 0 Å². The Bertz CT molecular complexity index is 420. The average molecular weight is 323 g/mol. The third-order valence-electron chi connectivity index (χ3n) is 3.14. The highest BCUT2D eigenvalue weighted by atomic mass is 15.1. The fourth-order valence-electron chi connectivity index (χ4n) is 2.59. The largest absolute Gasteiger partial charge is 0.386 e. The van der Waals surface area contributed by atoms with Crippen LogP contribution in [0.4, 0.5) is 0 Å². The Morgan fingerprint density at radius 2 is 1.04 bits per heavy atom. The van der Waals surface area contributed by atoms with Gasteiger partial charge in [0.1, 0.15) is 0 Å². The molecule has 0 saturated heterocycles. The van der Waals surface area contributed by atoms with Crippen molar-refractivity contribution >= 4 is 0 Å². The molecule has 0 amide bonds. The molecule has 0 unspecified atom stereocenters. The molecule has 0 radical (unpaired) electrons. The van der Waals surface area contributed by atoms with Crippen LogP contribution in [0, 0.1) is 10.8 Å². The first-order valence-electron chi connectivity index (χ1n) is 7.61. The van der Waals surface area contributed by atoms with Gasteiger partial charge in [0.05, 0.1) is 23.3 Å². The average Bonchev–Trinajstić information content (AvgIpc) is 2.31. The zero-order valence-electron chi connectivity index (χ0n) is 15.1. The van der Waals surface area contributed by atoms with Gasteiger partial charge in [0.2, 0.25) is 0 Å². The second-order valence-electron chi connectivity index (χ2n) is 7.47. The molecule has 0 saturated carbocycles. The van der Waals surface area contributed by atoms with Crippen LogP contribution in [-0.4, -0.2) is 13.1 Å². The minimum atomic E-state index is 0.0674. The van der Waals surface area contributed by atoms with Gasteiger partial charge < -0.3 is 32.7 Å². The van der Waals surface area contributed by atoms with Crippen molar-refractivity contribution in [1.82, 2.24) is 21.3 Å². The van der Waals surface area contributed by atoms with Crippen LogP contribution in [0.5, 0.6) is 0 Å². The molecular weight excluding hydrogens is 288 g/mol. The number of hydrogen-bond donors (Lipinski definition) is 6. The van der Waals surface area contributed by atoms with Gasteiger partial charge in [0.15, 0.2) is 0 Å². The van der Waals surface area contributed by atoms with Crippen molar-refractivity contribution in [2.45, 2.75) is 34.1 Å². The number of nitrogens with two attached hydrogens (primary N) is 2. The zero-order valence-corrected chi connectivity index (χ0v) is 15.1. The van der Waals surface area contributed by atoms with Crippen molar-refractivity contribution in [2.75, 3.05) is 13.1 Å². The molecule has 0 aromatic carbocycles. The molecular formula is C17H34N6. The minimum Gasteiger partial charge on any atom is -0.386 e. The van der Waals surface area contributed by atoms with Gasteiger partial charge in [-0.25, -0.2) is 0 Å². The van der Waals surface area contributed by atoms with E-state index in [2.05, 4.69) is 75.3 Å². The Labute approximate surface area is 141 Å². The van der Waals surface area contributed by atoms with E-state index in [4.69, 9.17) is 11.5 Å². The van der Waals surface area contributed by atoms with E-state index in [-0.39, 0.29) is 10.8 Å². The van der Waals surface area contributed by atoms with Crippen LogP contribution in [0.2, 0.25) is 0 Å². The fraction of sp³-hybridized carbons (Fsp3) is 0.529. The van der Waals surface area contributed by atoms with Gasteiger partial charge in [-0.1, -0.05) is 54.0 Å². The maximum atomic E-state index is 5.49. The molecule has 0 aliphatic rings. The summed E-state index contributed by atoms with van der Waals surface area (Å²) in [5, 5.41) is 12.2. The van der Waals surface area contributed by atoms with E-state index in [1.165, 1.54) is 0 Å². The molecule has 6 heteroatoms. The summed E-state index contributed by atoms with van der Waals surface area (Å²) in [5.41, 5.74) is 11.1. The van der Waals surface area contributed by atoms with Gasteiger partial charge in [0.25, 0.3) is 0 Å². The Balaban J connectivity index is 4.38. The Morgan fingerprint density at radius 1 is 0.739 bits per heavy atom. The Kier molecular flexibility index (Phi) is 7.59. The molecule has 23 heavy (non-hydrogen) atoms. The lowest BCUT2D eigenvalue weighted by molar-refractivity contribution is 0.190. The Hall–Kier alpha value is -2.24. The van der Waals surface area contributed by atoms with Gasteiger partial charge >= 0.3 is 0 Å². The Morgan fingerprint density at radius 3 is 1.30 bits per heavy atom. The second kappa shape index (κ2) is 8.41. The highest BCUT2D eigenvalue weighted by Crippen LogP contribution is 2.32. The molecule has 0 aromatic rings. The van der Waals surface area contributed by atoms with E-state index >= 15 is 0 Å². The molecule has 0 aromatic heterocycles. The highest BCUT2D eigenvalue weighted by Gasteiger charge is 2.28.